The van der Waals surface area contributed by atoms with Gasteiger partial charge in [0, 0.05) is 36.5 Å². The summed E-state index contributed by atoms with van der Waals surface area (Å²) in [5, 5.41) is 2.89. The molecule has 2 fully saturated rings. The van der Waals surface area contributed by atoms with Gasteiger partial charge < -0.3 is 5.32 Å². The molecule has 0 spiro atoms. The van der Waals surface area contributed by atoms with Crippen molar-refractivity contribution in [1.82, 2.24) is 9.88 Å². The van der Waals surface area contributed by atoms with Crippen LogP contribution >= 0.6 is 0 Å². The maximum atomic E-state index is 13.5. The van der Waals surface area contributed by atoms with Crippen LogP contribution in [0.15, 0.2) is 36.7 Å². The molecule has 1 saturated heterocycles. The SMILES string of the molecule is Cc1ccc(NC(=O)C2C3CC2CN(CC(F)(F)F)C3)cc1-c1cncc(F)c1. The number of aryl methyl sites for hydroxylation is 1. The van der Waals surface area contributed by atoms with Crippen molar-refractivity contribution < 1.29 is 22.4 Å². The highest BCUT2D eigenvalue weighted by Gasteiger charge is 2.51. The van der Waals surface area contributed by atoms with Crippen LogP contribution in [0.2, 0.25) is 0 Å². The van der Waals surface area contributed by atoms with E-state index in [1.165, 1.54) is 11.0 Å². The van der Waals surface area contributed by atoms with Gasteiger partial charge in [0.15, 0.2) is 0 Å². The zero-order chi connectivity index (χ0) is 20.8. The number of hydrogen-bond donors (Lipinski definition) is 1. The van der Waals surface area contributed by atoms with Crippen LogP contribution in [-0.4, -0.2) is 41.6 Å². The third kappa shape index (κ3) is 4.27. The number of nitrogens with one attached hydrogen (secondary N) is 1. The molecule has 2 unspecified atom stereocenters. The zero-order valence-electron chi connectivity index (χ0n) is 15.8. The van der Waals surface area contributed by atoms with Crippen molar-refractivity contribution in [2.75, 3.05) is 25.0 Å². The number of benzene rings is 1. The van der Waals surface area contributed by atoms with Crippen LogP contribution in [0.4, 0.5) is 23.2 Å². The molecule has 1 N–H and O–H groups in total. The van der Waals surface area contributed by atoms with Crippen LogP contribution in [0, 0.1) is 30.5 Å². The summed E-state index contributed by atoms with van der Waals surface area (Å²) in [6, 6.07) is 6.76. The Hall–Kier alpha value is -2.48. The number of halogens is 4. The molecule has 1 aromatic carbocycles. The Kier molecular flexibility index (Phi) is 5.06. The summed E-state index contributed by atoms with van der Waals surface area (Å²) in [5.41, 5.74) is 2.87. The van der Waals surface area contributed by atoms with E-state index < -0.39 is 18.5 Å². The first-order chi connectivity index (χ1) is 13.7. The second kappa shape index (κ2) is 7.40. The van der Waals surface area contributed by atoms with E-state index in [9.17, 15) is 22.4 Å². The number of aromatic nitrogens is 1. The number of alkyl halides is 3. The molecule has 2 aliphatic rings. The summed E-state index contributed by atoms with van der Waals surface area (Å²) in [5.74, 6) is -0.964. The minimum atomic E-state index is -4.22. The van der Waals surface area contributed by atoms with Crippen LogP contribution in [0.1, 0.15) is 12.0 Å². The number of carbonyl (C=O) groups excluding carboxylic acids is 1. The van der Waals surface area contributed by atoms with E-state index in [-0.39, 0.29) is 23.7 Å². The van der Waals surface area contributed by atoms with Gasteiger partial charge in [0.25, 0.3) is 0 Å². The minimum Gasteiger partial charge on any atom is -0.326 e. The number of anilines is 1. The lowest BCUT2D eigenvalue weighted by Gasteiger charge is -2.52. The number of amides is 1. The van der Waals surface area contributed by atoms with E-state index in [4.69, 9.17) is 0 Å². The van der Waals surface area contributed by atoms with Gasteiger partial charge in [0.1, 0.15) is 5.82 Å². The lowest BCUT2D eigenvalue weighted by Crippen LogP contribution is -2.59. The monoisotopic (exact) mass is 407 g/mol. The third-order valence-electron chi connectivity index (χ3n) is 5.83. The first kappa shape index (κ1) is 19.8. The molecule has 0 radical (unpaired) electrons. The predicted octanol–water partition coefficient (Wildman–Crippen LogP) is 4.26. The highest BCUT2D eigenvalue weighted by molar-refractivity contribution is 5.94. The van der Waals surface area contributed by atoms with Crippen molar-refractivity contribution in [3.8, 4) is 11.1 Å². The number of carbonyl (C=O) groups is 1. The number of likely N-dealkylation sites (tertiary alicyclic amines) is 1. The summed E-state index contributed by atoms with van der Waals surface area (Å²) >= 11 is 0. The van der Waals surface area contributed by atoms with Crippen molar-refractivity contribution in [2.45, 2.75) is 19.5 Å². The molecule has 4 rings (SSSR count). The highest BCUT2D eigenvalue weighted by atomic mass is 19.4. The second-order valence-corrected chi connectivity index (χ2v) is 8.00. The van der Waals surface area contributed by atoms with Crippen LogP contribution in [0.3, 0.4) is 0 Å². The Morgan fingerprint density at radius 1 is 1.21 bits per heavy atom. The molecule has 1 amide bonds. The fourth-order valence-corrected chi connectivity index (χ4v) is 4.59. The number of nitrogens with zero attached hydrogens (tertiary/aromatic N) is 2. The van der Waals surface area contributed by atoms with Gasteiger partial charge in [0.2, 0.25) is 5.91 Å². The van der Waals surface area contributed by atoms with Gasteiger partial charge in [0.05, 0.1) is 12.7 Å². The van der Waals surface area contributed by atoms with Gasteiger partial charge in [-0.25, -0.2) is 4.39 Å². The molecule has 1 aliphatic heterocycles. The van der Waals surface area contributed by atoms with Crippen LogP contribution in [-0.2, 0) is 4.79 Å². The van der Waals surface area contributed by atoms with Crippen molar-refractivity contribution in [3.05, 3.63) is 48.0 Å². The Bertz CT molecular complexity index is 918. The van der Waals surface area contributed by atoms with E-state index in [0.29, 0.717) is 24.3 Å². The van der Waals surface area contributed by atoms with Crippen LogP contribution in [0.5, 0.6) is 0 Å². The summed E-state index contributed by atoms with van der Waals surface area (Å²) in [6.07, 6.45) is -0.739. The fourth-order valence-electron chi connectivity index (χ4n) is 4.59. The molecule has 29 heavy (non-hydrogen) atoms. The van der Waals surface area contributed by atoms with Gasteiger partial charge in [-0.2, -0.15) is 13.2 Å². The Morgan fingerprint density at radius 2 is 1.93 bits per heavy atom. The Morgan fingerprint density at radius 3 is 2.59 bits per heavy atom. The highest BCUT2D eigenvalue weighted by Crippen LogP contribution is 2.46. The quantitative estimate of drug-likeness (QED) is 0.771. The molecule has 1 saturated carbocycles. The number of hydrogen-bond acceptors (Lipinski definition) is 3. The Balaban J connectivity index is 1.44. The van der Waals surface area contributed by atoms with Gasteiger partial charge in [-0.3, -0.25) is 14.7 Å². The second-order valence-electron chi connectivity index (χ2n) is 8.00. The summed E-state index contributed by atoms with van der Waals surface area (Å²) in [4.78, 5) is 18.0. The van der Waals surface area contributed by atoms with E-state index >= 15 is 0 Å². The van der Waals surface area contributed by atoms with Gasteiger partial charge in [-0.15, -0.1) is 0 Å². The normalized spacial score (nSPS) is 24.1. The lowest BCUT2D eigenvalue weighted by molar-refractivity contribution is -0.168. The first-order valence-electron chi connectivity index (χ1n) is 9.51. The standard InChI is InChI=1S/C21H21F4N3O/c1-12-2-3-17(6-18(12)13-5-16(22)8-26-7-13)27-20(29)19-14-4-15(19)10-28(9-14)11-21(23,24)25/h2-3,5-8,14-15,19H,4,9-11H2,1H3,(H,27,29). The molecule has 4 nitrogen and oxygen atoms in total. The average molecular weight is 407 g/mol. The van der Waals surface area contributed by atoms with E-state index in [2.05, 4.69) is 10.3 Å². The van der Waals surface area contributed by atoms with Gasteiger partial charge >= 0.3 is 6.18 Å². The molecular weight excluding hydrogens is 386 g/mol. The molecule has 154 valence electrons. The number of rotatable bonds is 4. The van der Waals surface area contributed by atoms with E-state index in [1.54, 1.807) is 18.3 Å². The van der Waals surface area contributed by atoms with Crippen molar-refractivity contribution in [2.24, 2.45) is 17.8 Å². The molecule has 2 heterocycles. The van der Waals surface area contributed by atoms with Gasteiger partial charge in [-0.05, 0) is 54.5 Å². The summed E-state index contributed by atoms with van der Waals surface area (Å²) < 4.78 is 51.3. The number of fused-ring (bicyclic) bond motifs is 2. The van der Waals surface area contributed by atoms with E-state index in [0.717, 1.165) is 23.7 Å². The molecule has 2 bridgehead atoms. The fraction of sp³-hybridized carbons (Fsp3) is 0.429. The average Bonchev–Trinajstić information content (AvgIpc) is 2.61. The predicted molar refractivity (Wildman–Crippen MR) is 101 cm³/mol. The maximum absolute atomic E-state index is 13.5. The van der Waals surface area contributed by atoms with Crippen LogP contribution in [0.25, 0.3) is 11.1 Å². The Labute approximate surface area is 165 Å². The van der Waals surface area contributed by atoms with Crippen molar-refractivity contribution in [1.29, 1.82) is 0 Å². The largest absolute Gasteiger partial charge is 0.401 e. The van der Waals surface area contributed by atoms with Crippen molar-refractivity contribution >= 4 is 11.6 Å². The van der Waals surface area contributed by atoms with Crippen molar-refractivity contribution in [3.63, 3.8) is 0 Å². The zero-order valence-corrected chi connectivity index (χ0v) is 15.8. The molecular formula is C21H21F4N3O. The minimum absolute atomic E-state index is 0.0477. The third-order valence-corrected chi connectivity index (χ3v) is 5.83. The number of piperidine rings is 2. The van der Waals surface area contributed by atoms with E-state index in [1.807, 2.05) is 13.0 Å². The topological polar surface area (TPSA) is 45.2 Å². The molecule has 8 heteroatoms. The molecule has 1 aliphatic carbocycles. The smallest absolute Gasteiger partial charge is 0.326 e. The first-order valence-corrected chi connectivity index (χ1v) is 9.51. The molecule has 2 aromatic rings. The molecule has 1 aromatic heterocycles. The van der Waals surface area contributed by atoms with Crippen LogP contribution < -0.4 is 5.32 Å². The maximum Gasteiger partial charge on any atom is 0.401 e. The summed E-state index contributed by atoms with van der Waals surface area (Å²) in [7, 11) is 0. The summed E-state index contributed by atoms with van der Waals surface area (Å²) in [6.45, 7) is 1.55. The lowest BCUT2D eigenvalue weighted by atomic mass is 9.61. The van der Waals surface area contributed by atoms with Gasteiger partial charge in [-0.1, -0.05) is 6.07 Å². The molecule has 2 atom stereocenters. The number of pyridine rings is 1.